The van der Waals surface area contributed by atoms with Crippen LogP contribution < -0.4 is 0 Å². The van der Waals surface area contributed by atoms with Crippen molar-refractivity contribution in [2.45, 2.75) is 0 Å². The summed E-state index contributed by atoms with van der Waals surface area (Å²) in [5.41, 5.74) is 0. The molecule has 0 saturated heterocycles. The summed E-state index contributed by atoms with van der Waals surface area (Å²) in [6, 6.07) is 0. The fourth-order valence-corrected chi connectivity index (χ4v) is 1.40. The molecule has 0 aliphatic rings. The molecule has 7 heteroatoms. The van der Waals surface area contributed by atoms with E-state index >= 15 is 0 Å². The second kappa shape index (κ2) is 4.11. The van der Waals surface area contributed by atoms with Crippen LogP contribution in [0, 0.1) is 0 Å². The van der Waals surface area contributed by atoms with Gasteiger partial charge in [-0.25, -0.2) is 4.58 Å². The molecule has 1 N–H and O–H groups in total. The predicted octanol–water partition coefficient (Wildman–Crippen LogP) is -2.06. The van der Waals surface area contributed by atoms with Gasteiger partial charge in [0.2, 0.25) is 0 Å². The molecule has 0 heterocycles. The third-order valence-corrected chi connectivity index (χ3v) is 2.61. The molecule has 0 saturated carbocycles. The lowest BCUT2D eigenvalue weighted by atomic mass is 11.8. The van der Waals surface area contributed by atoms with Gasteiger partial charge in [-0.05, 0) is 0 Å². The average Bonchev–Trinajstić information content (AvgIpc) is 1.89. The first-order chi connectivity index (χ1) is 4.18. The van der Waals surface area contributed by atoms with Gasteiger partial charge in [-0.2, -0.15) is 0 Å². The molecule has 0 radical (unpaired) electrons. The van der Waals surface area contributed by atoms with E-state index in [-0.39, 0.29) is 0 Å². The van der Waals surface area contributed by atoms with Gasteiger partial charge in [0.1, 0.15) is 0 Å². The van der Waals surface area contributed by atoms with Crippen molar-refractivity contribution in [2.75, 3.05) is 14.2 Å². The highest BCUT2D eigenvalue weighted by atomic mass is 28.4. The monoisotopic (exact) mass is 170 g/mol. The van der Waals surface area contributed by atoms with Gasteiger partial charge in [-0.1, -0.05) is 0 Å². The second-order valence-corrected chi connectivity index (χ2v) is 3.55. The minimum absolute atomic E-state index is 0.372. The molecule has 5 nitrogen and oxygen atoms in total. The summed E-state index contributed by atoms with van der Waals surface area (Å²) in [4.78, 5) is 9.00. The van der Waals surface area contributed by atoms with Crippen molar-refractivity contribution in [3.63, 3.8) is 0 Å². The van der Waals surface area contributed by atoms with Crippen LogP contribution in [0.1, 0.15) is 0 Å². The SMILES string of the molecule is CO[Si](O)(OC)OO[SiH3]. The van der Waals surface area contributed by atoms with Gasteiger partial charge >= 0.3 is 9.05 Å². The van der Waals surface area contributed by atoms with Gasteiger partial charge < -0.3 is 18.2 Å². The standard InChI is InChI=1S/C2H10O5Si2/c1-4-9(3,5-2)7-6-8/h3H,1-2,8H3. The van der Waals surface area contributed by atoms with Gasteiger partial charge in [-0.15, -0.1) is 0 Å². The summed E-state index contributed by atoms with van der Waals surface area (Å²) in [7, 11) is -0.437. The van der Waals surface area contributed by atoms with Crippen LogP contribution in [-0.2, 0) is 18.0 Å². The fourth-order valence-electron chi connectivity index (χ4n) is 0.257. The second-order valence-electron chi connectivity index (χ2n) is 1.18. The third kappa shape index (κ3) is 3.06. The van der Waals surface area contributed by atoms with Crippen molar-refractivity contribution >= 4 is 19.5 Å². The lowest BCUT2D eigenvalue weighted by Crippen LogP contribution is -2.43. The van der Waals surface area contributed by atoms with E-state index < -0.39 is 9.05 Å². The molecule has 0 aromatic carbocycles. The van der Waals surface area contributed by atoms with Crippen LogP contribution in [0.15, 0.2) is 0 Å². The molecule has 0 bridgehead atoms. The summed E-state index contributed by atoms with van der Waals surface area (Å²) in [6.07, 6.45) is 0. The Hall–Kier alpha value is 0.234. The minimum atomic E-state index is -3.38. The van der Waals surface area contributed by atoms with Crippen LogP contribution in [0.5, 0.6) is 0 Å². The molecule has 0 fully saturated rings. The summed E-state index contributed by atoms with van der Waals surface area (Å²) in [5, 5.41) is 0. The van der Waals surface area contributed by atoms with E-state index in [1.165, 1.54) is 14.2 Å². The van der Waals surface area contributed by atoms with Crippen LogP contribution in [0.25, 0.3) is 0 Å². The molecule has 0 unspecified atom stereocenters. The molecule has 0 spiro atoms. The van der Waals surface area contributed by atoms with Crippen LogP contribution in [-0.4, -0.2) is 38.5 Å². The molecule has 0 atom stereocenters. The highest BCUT2D eigenvalue weighted by Crippen LogP contribution is 2.00. The van der Waals surface area contributed by atoms with E-state index in [0.717, 1.165) is 0 Å². The number of hydrogen-bond acceptors (Lipinski definition) is 5. The molecule has 0 aromatic rings. The van der Waals surface area contributed by atoms with Gasteiger partial charge in [0.05, 0.1) is 0 Å². The van der Waals surface area contributed by atoms with Gasteiger partial charge in [-0.3, -0.25) is 0 Å². The van der Waals surface area contributed by atoms with Gasteiger partial charge in [0.15, 0.2) is 10.5 Å². The smallest absolute Gasteiger partial charge is 0.366 e. The van der Waals surface area contributed by atoms with Crippen LogP contribution in [0.2, 0.25) is 0 Å². The van der Waals surface area contributed by atoms with E-state index in [9.17, 15) is 0 Å². The Labute approximate surface area is 57.5 Å². The first-order valence-electron chi connectivity index (χ1n) is 2.23. The first-order valence-corrected chi connectivity index (χ1v) is 4.72. The van der Waals surface area contributed by atoms with Crippen LogP contribution >= 0.6 is 0 Å². The van der Waals surface area contributed by atoms with Crippen molar-refractivity contribution in [1.82, 2.24) is 0 Å². The zero-order valence-corrected chi connectivity index (χ0v) is 8.58. The molecular formula is C2H10O5Si2. The number of rotatable bonds is 4. The molecular weight excluding hydrogens is 160 g/mol. The Morgan fingerprint density at radius 1 is 1.33 bits per heavy atom. The van der Waals surface area contributed by atoms with E-state index in [1.54, 1.807) is 0 Å². The number of hydrogen-bond donors (Lipinski definition) is 1. The lowest BCUT2D eigenvalue weighted by molar-refractivity contribution is -0.182. The van der Waals surface area contributed by atoms with E-state index in [0.29, 0.717) is 10.5 Å². The highest BCUT2D eigenvalue weighted by molar-refractivity contribution is 6.51. The molecule has 0 rings (SSSR count). The van der Waals surface area contributed by atoms with Crippen molar-refractivity contribution in [1.29, 1.82) is 0 Å². The molecule has 0 amide bonds. The molecule has 0 aromatic heterocycles. The summed E-state index contributed by atoms with van der Waals surface area (Å²) in [6.45, 7) is 0. The minimum Gasteiger partial charge on any atom is -0.366 e. The molecule has 0 aliphatic heterocycles. The Morgan fingerprint density at radius 3 is 1.89 bits per heavy atom. The zero-order valence-electron chi connectivity index (χ0n) is 5.58. The van der Waals surface area contributed by atoms with Crippen molar-refractivity contribution in [2.24, 2.45) is 0 Å². The van der Waals surface area contributed by atoms with E-state index in [2.05, 4.69) is 18.0 Å². The highest BCUT2D eigenvalue weighted by Gasteiger charge is 2.39. The first kappa shape index (κ1) is 9.23. The molecule has 9 heavy (non-hydrogen) atoms. The van der Waals surface area contributed by atoms with E-state index in [1.807, 2.05) is 0 Å². The third-order valence-electron chi connectivity index (χ3n) is 0.705. The van der Waals surface area contributed by atoms with Crippen molar-refractivity contribution < 1.29 is 22.8 Å². The van der Waals surface area contributed by atoms with Crippen molar-refractivity contribution in [3.05, 3.63) is 0 Å². The topological polar surface area (TPSA) is 57.2 Å². The maximum Gasteiger partial charge on any atom is 0.703 e. The summed E-state index contributed by atoms with van der Waals surface area (Å²) < 4.78 is 17.6. The molecule has 56 valence electrons. The summed E-state index contributed by atoms with van der Waals surface area (Å²) >= 11 is 0. The van der Waals surface area contributed by atoms with Crippen molar-refractivity contribution in [3.8, 4) is 0 Å². The quantitative estimate of drug-likeness (QED) is 0.298. The van der Waals surface area contributed by atoms with Gasteiger partial charge in [0.25, 0.3) is 0 Å². The maximum absolute atomic E-state index is 9.00. The van der Waals surface area contributed by atoms with E-state index in [4.69, 9.17) is 4.80 Å². The molecule has 0 aliphatic carbocycles. The summed E-state index contributed by atoms with van der Waals surface area (Å²) in [5.74, 6) is 0. The fraction of sp³-hybridized carbons (Fsp3) is 1.00. The Bertz CT molecular complexity index is 73.4. The lowest BCUT2D eigenvalue weighted by Gasteiger charge is -2.15. The zero-order chi connectivity index (χ0) is 7.33. The normalized spacial score (nSPS) is 12.3. The Balaban J connectivity index is 3.62. The average molecular weight is 170 g/mol. The largest absolute Gasteiger partial charge is 0.703 e. The predicted molar refractivity (Wildman–Crippen MR) is 34.1 cm³/mol. The van der Waals surface area contributed by atoms with Gasteiger partial charge in [0, 0.05) is 14.2 Å². The Morgan fingerprint density at radius 2 is 1.78 bits per heavy atom. The van der Waals surface area contributed by atoms with Crippen LogP contribution in [0.3, 0.4) is 0 Å². The van der Waals surface area contributed by atoms with Crippen LogP contribution in [0.4, 0.5) is 0 Å². The Kier molecular flexibility index (Phi) is 4.22. The maximum atomic E-state index is 9.00.